The van der Waals surface area contributed by atoms with Crippen molar-refractivity contribution in [3.8, 4) is 0 Å². The molecule has 0 fully saturated rings. The number of amidine groups is 1. The molecule has 2 rings (SSSR count). The first kappa shape index (κ1) is 7.61. The normalized spacial score (nSPS) is 22.3. The molecular weight excluding hydrogens is 170 g/mol. The van der Waals surface area contributed by atoms with Gasteiger partial charge in [-0.25, -0.2) is 0 Å². The Balaban J connectivity index is 2.22. The van der Waals surface area contributed by atoms with Gasteiger partial charge < -0.3 is 5.73 Å². The predicted molar refractivity (Wildman–Crippen MR) is 51.1 cm³/mol. The minimum absolute atomic E-state index is 0.234. The van der Waals surface area contributed by atoms with Crippen molar-refractivity contribution in [3.63, 3.8) is 0 Å². The summed E-state index contributed by atoms with van der Waals surface area (Å²) in [6.45, 7) is 0. The van der Waals surface area contributed by atoms with E-state index in [-0.39, 0.29) is 6.04 Å². The molecule has 62 valence electrons. The number of hydrogen-bond donors (Lipinski definition) is 1. The predicted octanol–water partition coefficient (Wildman–Crippen LogP) is 1.18. The molecule has 1 aromatic rings. The summed E-state index contributed by atoms with van der Waals surface area (Å²) in [6.07, 6.45) is 3.56. The fourth-order valence-electron chi connectivity index (χ4n) is 1.15. The van der Waals surface area contributed by atoms with Crippen LogP contribution in [0.1, 0.15) is 11.6 Å². The van der Waals surface area contributed by atoms with Crippen molar-refractivity contribution in [1.29, 1.82) is 0 Å². The highest BCUT2D eigenvalue weighted by atomic mass is 32.2. The number of aliphatic imine (C=N–C) groups is 1. The molecule has 0 spiro atoms. The van der Waals surface area contributed by atoms with Crippen LogP contribution in [0.25, 0.3) is 0 Å². The summed E-state index contributed by atoms with van der Waals surface area (Å²) in [5, 5.41) is 0.691. The maximum atomic E-state index is 5.56. The summed E-state index contributed by atoms with van der Waals surface area (Å²) in [5.74, 6) is 0.954. The van der Waals surface area contributed by atoms with Crippen LogP contribution in [-0.4, -0.2) is 15.9 Å². The second-order valence-electron chi connectivity index (χ2n) is 2.57. The van der Waals surface area contributed by atoms with E-state index in [9.17, 15) is 0 Å². The lowest BCUT2D eigenvalue weighted by molar-refractivity contribution is 0.845. The zero-order valence-electron chi connectivity index (χ0n) is 6.47. The zero-order valence-corrected chi connectivity index (χ0v) is 7.29. The second-order valence-corrected chi connectivity index (χ2v) is 3.61. The van der Waals surface area contributed by atoms with Gasteiger partial charge in [0.2, 0.25) is 0 Å². The van der Waals surface area contributed by atoms with Crippen LogP contribution in [0, 0.1) is 0 Å². The van der Waals surface area contributed by atoms with E-state index in [0.29, 0.717) is 5.17 Å². The first-order valence-electron chi connectivity index (χ1n) is 3.72. The number of rotatable bonds is 1. The van der Waals surface area contributed by atoms with Crippen LogP contribution < -0.4 is 5.73 Å². The Bertz CT molecular complexity index is 296. The van der Waals surface area contributed by atoms with Crippen LogP contribution in [0.2, 0.25) is 0 Å². The summed E-state index contributed by atoms with van der Waals surface area (Å²) in [4.78, 5) is 8.24. The molecule has 4 heteroatoms. The van der Waals surface area contributed by atoms with Gasteiger partial charge in [-0.1, -0.05) is 11.8 Å². The quantitative estimate of drug-likeness (QED) is 0.704. The van der Waals surface area contributed by atoms with Gasteiger partial charge in [0.05, 0.1) is 6.04 Å². The molecular formula is C8H9N3S. The molecule has 0 saturated carbocycles. The molecule has 0 aliphatic carbocycles. The summed E-state index contributed by atoms with van der Waals surface area (Å²) in [7, 11) is 0. The molecule has 0 radical (unpaired) electrons. The van der Waals surface area contributed by atoms with Crippen molar-refractivity contribution in [3.05, 3.63) is 30.1 Å². The van der Waals surface area contributed by atoms with Gasteiger partial charge in [-0.2, -0.15) is 0 Å². The molecule has 1 aromatic heterocycles. The number of thioether (sulfide) groups is 1. The van der Waals surface area contributed by atoms with Crippen LogP contribution in [-0.2, 0) is 0 Å². The third-order valence-corrected chi connectivity index (χ3v) is 2.65. The van der Waals surface area contributed by atoms with Crippen LogP contribution in [0.4, 0.5) is 0 Å². The van der Waals surface area contributed by atoms with Gasteiger partial charge in [-0.05, 0) is 17.7 Å². The Morgan fingerprint density at radius 2 is 2.17 bits per heavy atom. The highest BCUT2D eigenvalue weighted by Gasteiger charge is 2.17. The van der Waals surface area contributed by atoms with Gasteiger partial charge in [0, 0.05) is 18.1 Å². The highest BCUT2D eigenvalue weighted by molar-refractivity contribution is 8.14. The lowest BCUT2D eigenvalue weighted by atomic mass is 10.1. The molecule has 2 heterocycles. The van der Waals surface area contributed by atoms with Crippen molar-refractivity contribution in [2.75, 3.05) is 5.75 Å². The SMILES string of the molecule is NC1=NC(c2ccncc2)CS1. The monoisotopic (exact) mass is 179 g/mol. The summed E-state index contributed by atoms with van der Waals surface area (Å²) < 4.78 is 0. The molecule has 0 aromatic carbocycles. The van der Waals surface area contributed by atoms with Crippen LogP contribution in [0.15, 0.2) is 29.5 Å². The zero-order chi connectivity index (χ0) is 8.39. The van der Waals surface area contributed by atoms with Crippen LogP contribution >= 0.6 is 11.8 Å². The fraction of sp³-hybridized carbons (Fsp3) is 0.250. The van der Waals surface area contributed by atoms with E-state index >= 15 is 0 Å². The Kier molecular flexibility index (Phi) is 1.99. The summed E-state index contributed by atoms with van der Waals surface area (Å²) in [6, 6.07) is 4.19. The maximum Gasteiger partial charge on any atom is 0.154 e. The van der Waals surface area contributed by atoms with Gasteiger partial charge in [-0.15, -0.1) is 0 Å². The molecule has 1 atom stereocenters. The first-order valence-corrected chi connectivity index (χ1v) is 4.71. The smallest absolute Gasteiger partial charge is 0.154 e. The maximum absolute atomic E-state index is 5.56. The van der Waals surface area contributed by atoms with Gasteiger partial charge in [0.15, 0.2) is 5.17 Å². The second kappa shape index (κ2) is 3.15. The molecule has 0 saturated heterocycles. The molecule has 1 aliphatic rings. The highest BCUT2D eigenvalue weighted by Crippen LogP contribution is 2.27. The molecule has 2 N–H and O–H groups in total. The molecule has 3 nitrogen and oxygen atoms in total. The first-order chi connectivity index (χ1) is 5.86. The Labute approximate surface area is 75.1 Å². The van der Waals surface area contributed by atoms with E-state index in [1.807, 2.05) is 12.1 Å². The van der Waals surface area contributed by atoms with Crippen molar-refractivity contribution >= 4 is 16.9 Å². The van der Waals surface area contributed by atoms with E-state index in [1.165, 1.54) is 5.56 Å². The van der Waals surface area contributed by atoms with Crippen LogP contribution in [0.3, 0.4) is 0 Å². The van der Waals surface area contributed by atoms with Crippen molar-refractivity contribution < 1.29 is 0 Å². The van der Waals surface area contributed by atoms with Crippen molar-refractivity contribution in [2.45, 2.75) is 6.04 Å². The van der Waals surface area contributed by atoms with Crippen LogP contribution in [0.5, 0.6) is 0 Å². The molecule has 0 amide bonds. The minimum Gasteiger partial charge on any atom is -0.379 e. The van der Waals surface area contributed by atoms with E-state index in [1.54, 1.807) is 24.2 Å². The number of nitrogens with two attached hydrogens (primary N) is 1. The lowest BCUT2D eigenvalue weighted by Crippen LogP contribution is -2.01. The molecule has 12 heavy (non-hydrogen) atoms. The Morgan fingerprint density at radius 3 is 2.75 bits per heavy atom. The van der Waals surface area contributed by atoms with Crippen molar-refractivity contribution in [1.82, 2.24) is 4.98 Å². The van der Waals surface area contributed by atoms with Crippen molar-refractivity contribution in [2.24, 2.45) is 10.7 Å². The topological polar surface area (TPSA) is 51.3 Å². The lowest BCUT2D eigenvalue weighted by Gasteiger charge is -2.03. The number of pyridine rings is 1. The fourth-order valence-corrected chi connectivity index (χ4v) is 1.95. The summed E-state index contributed by atoms with van der Waals surface area (Å²) >= 11 is 1.61. The third-order valence-electron chi connectivity index (χ3n) is 1.76. The van der Waals surface area contributed by atoms with Gasteiger partial charge >= 0.3 is 0 Å². The average molecular weight is 179 g/mol. The standard InChI is InChI=1S/C8H9N3S/c9-8-11-7(5-12-8)6-1-3-10-4-2-6/h1-4,7H,5H2,(H2,9,11). The third kappa shape index (κ3) is 1.43. The largest absolute Gasteiger partial charge is 0.379 e. The van der Waals surface area contributed by atoms with E-state index in [4.69, 9.17) is 5.73 Å². The van der Waals surface area contributed by atoms with Gasteiger partial charge in [-0.3, -0.25) is 9.98 Å². The van der Waals surface area contributed by atoms with E-state index in [0.717, 1.165) is 5.75 Å². The molecule has 1 aliphatic heterocycles. The average Bonchev–Trinajstić information content (AvgIpc) is 2.54. The van der Waals surface area contributed by atoms with Gasteiger partial charge in [0.1, 0.15) is 0 Å². The number of aromatic nitrogens is 1. The Hall–Kier alpha value is -1.03. The van der Waals surface area contributed by atoms with E-state index in [2.05, 4.69) is 9.98 Å². The van der Waals surface area contributed by atoms with Gasteiger partial charge in [0.25, 0.3) is 0 Å². The number of nitrogens with zero attached hydrogens (tertiary/aromatic N) is 2. The van der Waals surface area contributed by atoms with E-state index < -0.39 is 0 Å². The number of hydrogen-bond acceptors (Lipinski definition) is 4. The summed E-state index contributed by atoms with van der Waals surface area (Å²) in [5.41, 5.74) is 6.75. The molecule has 1 unspecified atom stereocenters. The Morgan fingerprint density at radius 1 is 1.42 bits per heavy atom. The molecule has 0 bridgehead atoms. The minimum atomic E-state index is 0.234.